The first kappa shape index (κ1) is 16.7. The van der Waals surface area contributed by atoms with E-state index >= 15 is 0 Å². The van der Waals surface area contributed by atoms with Crippen molar-refractivity contribution in [1.29, 1.82) is 0 Å². The maximum atomic E-state index is 12.0. The molecule has 5 heteroatoms. The predicted molar refractivity (Wildman–Crippen MR) is 71.6 cm³/mol. The van der Waals surface area contributed by atoms with Crippen LogP contribution in [0.1, 0.15) is 27.2 Å². The van der Waals surface area contributed by atoms with Crippen LogP contribution >= 0.6 is 12.4 Å². The van der Waals surface area contributed by atoms with Crippen LogP contribution in [0.2, 0.25) is 0 Å². The molecule has 0 aromatic carbocycles. The van der Waals surface area contributed by atoms with E-state index in [1.54, 1.807) is 7.11 Å². The van der Waals surface area contributed by atoms with E-state index in [0.717, 1.165) is 19.5 Å². The summed E-state index contributed by atoms with van der Waals surface area (Å²) >= 11 is 0. The second-order valence-corrected chi connectivity index (χ2v) is 5.30. The van der Waals surface area contributed by atoms with Crippen molar-refractivity contribution in [2.45, 2.75) is 32.7 Å². The highest BCUT2D eigenvalue weighted by Gasteiger charge is 2.38. The molecule has 1 amide bonds. The molecule has 0 radical (unpaired) electrons. The molecule has 1 rings (SSSR count). The van der Waals surface area contributed by atoms with E-state index in [9.17, 15) is 4.79 Å². The van der Waals surface area contributed by atoms with Gasteiger partial charge in [0.25, 0.3) is 0 Å². The Morgan fingerprint density at radius 1 is 1.53 bits per heavy atom. The lowest BCUT2D eigenvalue weighted by atomic mass is 9.98. The van der Waals surface area contributed by atoms with Crippen LogP contribution in [-0.2, 0) is 9.53 Å². The molecule has 1 saturated heterocycles. The molecule has 0 aliphatic carbocycles. The minimum atomic E-state index is 0. The molecule has 1 unspecified atom stereocenters. The Balaban J connectivity index is 0.00000256. The van der Waals surface area contributed by atoms with Gasteiger partial charge in [-0.25, -0.2) is 0 Å². The number of hydrogen-bond acceptors (Lipinski definition) is 3. The zero-order chi connectivity index (χ0) is 12.2. The Morgan fingerprint density at radius 2 is 2.18 bits per heavy atom. The molecule has 0 bridgehead atoms. The first-order valence-corrected chi connectivity index (χ1v) is 5.97. The number of methoxy groups -OCH3 is 1. The molecule has 1 fully saturated rings. The summed E-state index contributed by atoms with van der Waals surface area (Å²) in [5.74, 6) is 0.809. The van der Waals surface area contributed by atoms with Crippen molar-refractivity contribution in [3.63, 3.8) is 0 Å². The predicted octanol–water partition coefficient (Wildman–Crippen LogP) is 1.29. The first-order valence-electron chi connectivity index (χ1n) is 5.97. The van der Waals surface area contributed by atoms with E-state index in [4.69, 9.17) is 4.74 Å². The van der Waals surface area contributed by atoms with E-state index in [2.05, 4.69) is 26.1 Å². The van der Waals surface area contributed by atoms with Gasteiger partial charge in [-0.05, 0) is 26.2 Å². The van der Waals surface area contributed by atoms with Gasteiger partial charge in [0, 0.05) is 25.7 Å². The SMILES string of the molecule is COCCNCC(=O)N1CC(C)CC1(C)C.Cl. The van der Waals surface area contributed by atoms with Crippen LogP contribution in [0.5, 0.6) is 0 Å². The van der Waals surface area contributed by atoms with Crippen LogP contribution in [-0.4, -0.2) is 49.7 Å². The van der Waals surface area contributed by atoms with Crippen molar-refractivity contribution in [2.24, 2.45) is 5.92 Å². The van der Waals surface area contributed by atoms with Crippen molar-refractivity contribution >= 4 is 18.3 Å². The molecule has 1 N–H and O–H groups in total. The fourth-order valence-corrected chi connectivity index (χ4v) is 2.49. The number of amides is 1. The molecule has 1 atom stereocenters. The molecule has 1 aliphatic heterocycles. The molecule has 0 aromatic heterocycles. The van der Waals surface area contributed by atoms with Crippen LogP contribution in [0, 0.1) is 5.92 Å². The smallest absolute Gasteiger partial charge is 0.236 e. The maximum Gasteiger partial charge on any atom is 0.236 e. The summed E-state index contributed by atoms with van der Waals surface area (Å²) in [4.78, 5) is 14.0. The number of nitrogens with zero attached hydrogens (tertiary/aromatic N) is 1. The number of likely N-dealkylation sites (tertiary alicyclic amines) is 1. The van der Waals surface area contributed by atoms with Gasteiger partial charge >= 0.3 is 0 Å². The van der Waals surface area contributed by atoms with E-state index in [-0.39, 0.29) is 23.9 Å². The summed E-state index contributed by atoms with van der Waals surface area (Å²) in [5, 5.41) is 3.10. The average molecular weight is 265 g/mol. The minimum Gasteiger partial charge on any atom is -0.383 e. The third-order valence-corrected chi connectivity index (χ3v) is 3.13. The Labute approximate surface area is 110 Å². The molecule has 0 saturated carbocycles. The lowest BCUT2D eigenvalue weighted by Gasteiger charge is -2.31. The summed E-state index contributed by atoms with van der Waals surface area (Å²) in [6.45, 7) is 9.16. The molecular formula is C12H25ClN2O2. The maximum absolute atomic E-state index is 12.0. The van der Waals surface area contributed by atoms with Crippen LogP contribution < -0.4 is 5.32 Å². The van der Waals surface area contributed by atoms with Gasteiger partial charge in [0.2, 0.25) is 5.91 Å². The average Bonchev–Trinajstić information content (AvgIpc) is 2.46. The normalized spacial score (nSPS) is 22.4. The first-order chi connectivity index (χ1) is 7.47. The Hall–Kier alpha value is -0.320. The van der Waals surface area contributed by atoms with Gasteiger partial charge in [-0.3, -0.25) is 4.79 Å². The van der Waals surface area contributed by atoms with E-state index < -0.39 is 0 Å². The molecule has 1 aliphatic rings. The van der Waals surface area contributed by atoms with Gasteiger partial charge in [0.15, 0.2) is 0 Å². The van der Waals surface area contributed by atoms with Crippen molar-refractivity contribution < 1.29 is 9.53 Å². The van der Waals surface area contributed by atoms with Crippen molar-refractivity contribution in [3.8, 4) is 0 Å². The summed E-state index contributed by atoms with van der Waals surface area (Å²) in [5.41, 5.74) is 0.0133. The fraction of sp³-hybridized carbons (Fsp3) is 0.917. The third-order valence-electron chi connectivity index (χ3n) is 3.13. The number of carbonyl (C=O) groups excluding carboxylic acids is 1. The van der Waals surface area contributed by atoms with Gasteiger partial charge in [-0.1, -0.05) is 6.92 Å². The molecule has 1 heterocycles. The summed E-state index contributed by atoms with van der Waals surface area (Å²) < 4.78 is 4.92. The number of halogens is 1. The van der Waals surface area contributed by atoms with Crippen LogP contribution in [0.25, 0.3) is 0 Å². The van der Waals surface area contributed by atoms with Crippen LogP contribution in [0.4, 0.5) is 0 Å². The lowest BCUT2D eigenvalue weighted by molar-refractivity contribution is -0.133. The van der Waals surface area contributed by atoms with Gasteiger partial charge in [0.1, 0.15) is 0 Å². The largest absolute Gasteiger partial charge is 0.383 e. The fourth-order valence-electron chi connectivity index (χ4n) is 2.49. The topological polar surface area (TPSA) is 41.6 Å². The molecule has 0 spiro atoms. The Morgan fingerprint density at radius 3 is 2.65 bits per heavy atom. The van der Waals surface area contributed by atoms with Gasteiger partial charge in [0.05, 0.1) is 13.2 Å². The number of ether oxygens (including phenoxy) is 1. The van der Waals surface area contributed by atoms with Crippen LogP contribution in [0.3, 0.4) is 0 Å². The van der Waals surface area contributed by atoms with Crippen molar-refractivity contribution in [2.75, 3.05) is 33.4 Å². The number of carbonyl (C=O) groups is 1. The Bertz CT molecular complexity index is 247. The summed E-state index contributed by atoms with van der Waals surface area (Å²) in [6, 6.07) is 0. The second-order valence-electron chi connectivity index (χ2n) is 5.30. The van der Waals surface area contributed by atoms with E-state index in [1.165, 1.54) is 0 Å². The zero-order valence-electron chi connectivity index (χ0n) is 11.3. The lowest BCUT2D eigenvalue weighted by Crippen LogP contribution is -2.46. The molecule has 102 valence electrons. The summed E-state index contributed by atoms with van der Waals surface area (Å²) in [6.07, 6.45) is 1.09. The van der Waals surface area contributed by atoms with Gasteiger partial charge in [-0.2, -0.15) is 0 Å². The highest BCUT2D eigenvalue weighted by molar-refractivity contribution is 5.85. The Kier molecular flexibility index (Phi) is 7.05. The second kappa shape index (κ2) is 7.19. The highest BCUT2D eigenvalue weighted by atomic mass is 35.5. The van der Waals surface area contributed by atoms with E-state index in [0.29, 0.717) is 19.1 Å². The number of rotatable bonds is 5. The summed E-state index contributed by atoms with van der Waals surface area (Å²) in [7, 11) is 1.66. The molecule has 0 aromatic rings. The van der Waals surface area contributed by atoms with E-state index in [1.807, 2.05) is 4.90 Å². The monoisotopic (exact) mass is 264 g/mol. The minimum absolute atomic E-state index is 0. The number of hydrogen-bond donors (Lipinski definition) is 1. The molecule has 17 heavy (non-hydrogen) atoms. The van der Waals surface area contributed by atoms with Gasteiger partial charge in [-0.15, -0.1) is 12.4 Å². The van der Waals surface area contributed by atoms with Gasteiger partial charge < -0.3 is 15.0 Å². The highest BCUT2D eigenvalue weighted by Crippen LogP contribution is 2.31. The van der Waals surface area contributed by atoms with Crippen molar-refractivity contribution in [3.05, 3.63) is 0 Å². The standard InChI is InChI=1S/C12H24N2O2.ClH/c1-10-7-12(2,3)14(9-10)11(15)8-13-5-6-16-4;/h10,13H,5-9H2,1-4H3;1H. The molecular weight excluding hydrogens is 240 g/mol. The zero-order valence-corrected chi connectivity index (χ0v) is 12.1. The quantitative estimate of drug-likeness (QED) is 0.761. The van der Waals surface area contributed by atoms with Crippen molar-refractivity contribution in [1.82, 2.24) is 10.2 Å². The molecule has 4 nitrogen and oxygen atoms in total. The third kappa shape index (κ3) is 4.82. The van der Waals surface area contributed by atoms with Crippen LogP contribution in [0.15, 0.2) is 0 Å². The number of nitrogens with one attached hydrogen (secondary N) is 1.